The molecule has 0 radical (unpaired) electrons. The molecule has 0 aliphatic carbocycles. The zero-order valence-electron chi connectivity index (χ0n) is 10.1. The van der Waals surface area contributed by atoms with Crippen LogP contribution >= 0.6 is 0 Å². The quantitative estimate of drug-likeness (QED) is 0.797. The number of benzene rings is 1. The summed E-state index contributed by atoms with van der Waals surface area (Å²) >= 11 is 0. The maximum Gasteiger partial charge on any atom is 0.338 e. The molecule has 5 nitrogen and oxygen atoms in total. The highest BCUT2D eigenvalue weighted by atomic mass is 19.1. The Kier molecular flexibility index (Phi) is 4.10. The van der Waals surface area contributed by atoms with Crippen molar-refractivity contribution in [1.82, 2.24) is 0 Å². The van der Waals surface area contributed by atoms with Gasteiger partial charge in [-0.2, -0.15) is 5.26 Å². The topological polar surface area (TPSA) is 90.3 Å². The molecule has 0 amide bonds. The highest BCUT2D eigenvalue weighted by Gasteiger charge is 2.18. The average Bonchev–Trinajstić information content (AvgIpc) is 2.30. The molecule has 18 heavy (non-hydrogen) atoms. The van der Waals surface area contributed by atoms with E-state index in [9.17, 15) is 9.18 Å². The van der Waals surface area contributed by atoms with Crippen LogP contribution in [0, 0.1) is 17.1 Å². The lowest BCUT2D eigenvalue weighted by Gasteiger charge is -2.26. The van der Waals surface area contributed by atoms with Crippen molar-refractivity contribution in [2.45, 2.75) is 19.4 Å². The molecule has 1 atom stereocenters. The smallest absolute Gasteiger partial charge is 0.338 e. The lowest BCUT2D eigenvalue weighted by atomic mass is 10.1. The molecule has 0 aliphatic rings. The van der Waals surface area contributed by atoms with E-state index in [0.717, 1.165) is 12.1 Å². The summed E-state index contributed by atoms with van der Waals surface area (Å²) in [4.78, 5) is 12.4. The second kappa shape index (κ2) is 5.36. The fourth-order valence-electron chi connectivity index (χ4n) is 1.56. The first kappa shape index (κ1) is 13.8. The first-order chi connectivity index (χ1) is 8.38. The molecular formula is C12H14FN3O2. The number of carboxylic acids is 1. The number of aromatic carboxylic acids is 1. The molecule has 3 N–H and O–H groups in total. The molecule has 0 fully saturated rings. The number of carboxylic acid groups (broad SMARTS) is 1. The lowest BCUT2D eigenvalue weighted by molar-refractivity contribution is 0.0692. The molecule has 1 aromatic carbocycles. The monoisotopic (exact) mass is 251 g/mol. The number of hydrogen-bond acceptors (Lipinski definition) is 4. The Bertz CT molecular complexity index is 511. The standard InChI is InChI=1S/C12H14FN3O2/c1-7(3-4-14)16(2)11-6-9(13)8(12(17)18)5-10(11)15/h5-7H,3,15H2,1-2H3,(H,17,18). The van der Waals surface area contributed by atoms with Gasteiger partial charge in [-0.3, -0.25) is 0 Å². The van der Waals surface area contributed by atoms with Gasteiger partial charge >= 0.3 is 5.97 Å². The average molecular weight is 251 g/mol. The van der Waals surface area contributed by atoms with Gasteiger partial charge < -0.3 is 15.7 Å². The number of nitriles is 1. The van der Waals surface area contributed by atoms with Crippen LogP contribution in [0.15, 0.2) is 12.1 Å². The number of nitrogen functional groups attached to an aromatic ring is 1. The molecule has 6 heteroatoms. The van der Waals surface area contributed by atoms with E-state index in [0.29, 0.717) is 5.69 Å². The molecule has 0 aliphatic heterocycles. The normalized spacial score (nSPS) is 11.7. The number of halogens is 1. The van der Waals surface area contributed by atoms with Crippen LogP contribution in [0.1, 0.15) is 23.7 Å². The van der Waals surface area contributed by atoms with E-state index in [1.807, 2.05) is 6.07 Å². The van der Waals surface area contributed by atoms with Crippen molar-refractivity contribution in [3.63, 3.8) is 0 Å². The Hall–Kier alpha value is -2.29. The zero-order chi connectivity index (χ0) is 13.9. The Morgan fingerprint density at radius 1 is 1.67 bits per heavy atom. The molecule has 96 valence electrons. The SMILES string of the molecule is CC(CC#N)N(C)c1cc(F)c(C(=O)O)cc1N. The lowest BCUT2D eigenvalue weighted by Crippen LogP contribution is -2.29. The van der Waals surface area contributed by atoms with Gasteiger partial charge in [-0.05, 0) is 13.0 Å². The summed E-state index contributed by atoms with van der Waals surface area (Å²) in [5.41, 5.74) is 5.79. The van der Waals surface area contributed by atoms with Gasteiger partial charge in [0, 0.05) is 19.2 Å². The Morgan fingerprint density at radius 2 is 2.28 bits per heavy atom. The van der Waals surface area contributed by atoms with E-state index < -0.39 is 17.3 Å². The maximum absolute atomic E-state index is 13.6. The molecule has 1 unspecified atom stereocenters. The highest BCUT2D eigenvalue weighted by Crippen LogP contribution is 2.27. The van der Waals surface area contributed by atoms with E-state index in [2.05, 4.69) is 0 Å². The number of nitrogens with zero attached hydrogens (tertiary/aromatic N) is 2. The van der Waals surface area contributed by atoms with Crippen LogP contribution in [0.5, 0.6) is 0 Å². The summed E-state index contributed by atoms with van der Waals surface area (Å²) in [5, 5.41) is 17.4. The molecule has 0 saturated carbocycles. The van der Waals surface area contributed by atoms with Crippen LogP contribution in [-0.4, -0.2) is 24.2 Å². The van der Waals surface area contributed by atoms with E-state index in [1.54, 1.807) is 18.9 Å². The number of carbonyl (C=O) groups is 1. The van der Waals surface area contributed by atoms with Crippen molar-refractivity contribution in [1.29, 1.82) is 5.26 Å². The molecule has 1 aromatic rings. The first-order valence-electron chi connectivity index (χ1n) is 5.30. The van der Waals surface area contributed by atoms with Crippen LogP contribution in [0.25, 0.3) is 0 Å². The third-order valence-corrected chi connectivity index (χ3v) is 2.77. The summed E-state index contributed by atoms with van der Waals surface area (Å²) in [6.45, 7) is 1.80. The van der Waals surface area contributed by atoms with Crippen molar-refractivity contribution in [3.05, 3.63) is 23.5 Å². The minimum Gasteiger partial charge on any atom is -0.478 e. The van der Waals surface area contributed by atoms with E-state index in [-0.39, 0.29) is 18.2 Å². The van der Waals surface area contributed by atoms with Crippen molar-refractivity contribution >= 4 is 17.3 Å². The van der Waals surface area contributed by atoms with Crippen LogP contribution in [0.3, 0.4) is 0 Å². The summed E-state index contributed by atoms with van der Waals surface area (Å²) in [6, 6.07) is 4.03. The number of hydrogen-bond donors (Lipinski definition) is 2. The molecule has 0 heterocycles. The van der Waals surface area contributed by atoms with Gasteiger partial charge in [-0.1, -0.05) is 0 Å². The van der Waals surface area contributed by atoms with Gasteiger partial charge in [0.15, 0.2) is 0 Å². The van der Waals surface area contributed by atoms with E-state index >= 15 is 0 Å². The molecular weight excluding hydrogens is 237 g/mol. The predicted octanol–water partition coefficient (Wildman–Crippen LogP) is 1.84. The Labute approximate surface area is 104 Å². The molecule has 0 saturated heterocycles. The van der Waals surface area contributed by atoms with Gasteiger partial charge in [-0.25, -0.2) is 9.18 Å². The maximum atomic E-state index is 13.6. The second-order valence-corrected chi connectivity index (χ2v) is 4.02. The number of nitrogens with two attached hydrogens (primary N) is 1. The number of anilines is 2. The highest BCUT2D eigenvalue weighted by molar-refractivity contribution is 5.90. The van der Waals surface area contributed by atoms with Gasteiger partial charge in [0.1, 0.15) is 5.82 Å². The van der Waals surface area contributed by atoms with Gasteiger partial charge in [0.2, 0.25) is 0 Å². The minimum absolute atomic E-state index is 0.146. The van der Waals surface area contributed by atoms with Crippen LogP contribution in [0.2, 0.25) is 0 Å². The molecule has 1 rings (SSSR count). The third kappa shape index (κ3) is 2.69. The van der Waals surface area contributed by atoms with Crippen molar-refractivity contribution in [2.24, 2.45) is 0 Å². The summed E-state index contributed by atoms with van der Waals surface area (Å²) in [6.07, 6.45) is 0.262. The second-order valence-electron chi connectivity index (χ2n) is 4.02. The van der Waals surface area contributed by atoms with Crippen LogP contribution in [-0.2, 0) is 0 Å². The van der Waals surface area contributed by atoms with Gasteiger partial charge in [-0.15, -0.1) is 0 Å². The van der Waals surface area contributed by atoms with E-state index in [4.69, 9.17) is 16.1 Å². The fourth-order valence-corrected chi connectivity index (χ4v) is 1.56. The van der Waals surface area contributed by atoms with Crippen molar-refractivity contribution in [2.75, 3.05) is 17.7 Å². The predicted molar refractivity (Wildman–Crippen MR) is 65.9 cm³/mol. The van der Waals surface area contributed by atoms with E-state index in [1.165, 1.54) is 0 Å². The van der Waals surface area contributed by atoms with Crippen LogP contribution < -0.4 is 10.6 Å². The summed E-state index contributed by atoms with van der Waals surface area (Å²) < 4.78 is 13.6. The van der Waals surface area contributed by atoms with Crippen molar-refractivity contribution in [3.8, 4) is 6.07 Å². The first-order valence-corrected chi connectivity index (χ1v) is 5.30. The molecule has 0 bridgehead atoms. The zero-order valence-corrected chi connectivity index (χ0v) is 10.1. The third-order valence-electron chi connectivity index (χ3n) is 2.77. The van der Waals surface area contributed by atoms with Gasteiger partial charge in [0.25, 0.3) is 0 Å². The van der Waals surface area contributed by atoms with Crippen molar-refractivity contribution < 1.29 is 14.3 Å². The number of rotatable bonds is 4. The van der Waals surface area contributed by atoms with Gasteiger partial charge in [0.05, 0.1) is 29.4 Å². The van der Waals surface area contributed by atoms with Crippen LogP contribution in [0.4, 0.5) is 15.8 Å². The fraction of sp³-hybridized carbons (Fsp3) is 0.333. The molecule has 0 spiro atoms. The largest absolute Gasteiger partial charge is 0.478 e. The molecule has 0 aromatic heterocycles. The Morgan fingerprint density at radius 3 is 2.78 bits per heavy atom. The minimum atomic E-state index is -1.36. The summed E-state index contributed by atoms with van der Waals surface area (Å²) in [5.74, 6) is -2.21. The Balaban J connectivity index is 3.16. The summed E-state index contributed by atoms with van der Waals surface area (Å²) in [7, 11) is 1.67.